The highest BCUT2D eigenvalue weighted by atomic mass is 35.5. The molecule has 2 heterocycles. The molecule has 1 amide bonds. The Bertz CT molecular complexity index is 813. The fraction of sp³-hybridized carbons (Fsp3) is 0.444. The molecule has 1 saturated carbocycles. The number of fused-ring (bicyclic) bond motifs is 1. The van der Waals surface area contributed by atoms with Crippen molar-refractivity contribution < 1.29 is 14.3 Å². The first kappa shape index (κ1) is 21.8. The van der Waals surface area contributed by atoms with Gasteiger partial charge in [-0.2, -0.15) is 0 Å². The zero-order valence-corrected chi connectivity index (χ0v) is 17.3. The molecule has 2 aromatic rings. The van der Waals surface area contributed by atoms with Gasteiger partial charge < -0.3 is 20.5 Å². The maximum Gasteiger partial charge on any atom is 0.231 e. The Kier molecular flexibility index (Phi) is 6.97. The zero-order chi connectivity index (χ0) is 17.4. The van der Waals surface area contributed by atoms with Crippen LogP contribution >= 0.6 is 36.2 Å². The van der Waals surface area contributed by atoms with Gasteiger partial charge in [0.2, 0.25) is 12.7 Å². The van der Waals surface area contributed by atoms with Crippen molar-refractivity contribution in [3.63, 3.8) is 0 Å². The summed E-state index contributed by atoms with van der Waals surface area (Å²) in [6, 6.07) is 5.76. The summed E-state index contributed by atoms with van der Waals surface area (Å²) in [6.07, 6.45) is 2.54. The second kappa shape index (κ2) is 8.65. The van der Waals surface area contributed by atoms with Crippen molar-refractivity contribution in [1.82, 2.24) is 10.3 Å². The van der Waals surface area contributed by atoms with Crippen molar-refractivity contribution in [1.29, 1.82) is 0 Å². The number of nitrogens with two attached hydrogens (primary N) is 1. The van der Waals surface area contributed by atoms with Crippen LogP contribution < -0.4 is 20.5 Å². The van der Waals surface area contributed by atoms with Gasteiger partial charge in [-0.15, -0.1) is 36.2 Å². The van der Waals surface area contributed by atoms with Crippen LogP contribution in [0.5, 0.6) is 11.5 Å². The summed E-state index contributed by atoms with van der Waals surface area (Å²) >= 11 is 1.52. The van der Waals surface area contributed by atoms with Gasteiger partial charge in [-0.3, -0.25) is 4.79 Å². The van der Waals surface area contributed by atoms with E-state index in [2.05, 4.69) is 10.3 Å². The van der Waals surface area contributed by atoms with E-state index >= 15 is 0 Å². The van der Waals surface area contributed by atoms with Crippen molar-refractivity contribution in [3.05, 3.63) is 29.3 Å². The number of halogens is 2. The van der Waals surface area contributed by atoms with Crippen LogP contribution in [0, 0.1) is 5.92 Å². The van der Waals surface area contributed by atoms with Crippen LogP contribution in [0.15, 0.2) is 23.6 Å². The summed E-state index contributed by atoms with van der Waals surface area (Å²) in [5.74, 6) is 1.96. The van der Waals surface area contributed by atoms with Gasteiger partial charge >= 0.3 is 0 Å². The molecule has 0 saturated heterocycles. The van der Waals surface area contributed by atoms with Crippen LogP contribution in [0.25, 0.3) is 10.6 Å². The third kappa shape index (κ3) is 4.66. The van der Waals surface area contributed by atoms with Crippen LogP contribution in [-0.4, -0.2) is 29.8 Å². The van der Waals surface area contributed by atoms with Gasteiger partial charge in [-0.1, -0.05) is 0 Å². The van der Waals surface area contributed by atoms with Crippen molar-refractivity contribution >= 4 is 42.1 Å². The second-order valence-corrected chi connectivity index (χ2v) is 7.69. The second-order valence-electron chi connectivity index (χ2n) is 6.83. The van der Waals surface area contributed by atoms with Gasteiger partial charge in [0.1, 0.15) is 5.01 Å². The molecule has 3 N–H and O–H groups in total. The van der Waals surface area contributed by atoms with Gasteiger partial charge in [-0.05, 0) is 43.9 Å². The van der Waals surface area contributed by atoms with E-state index in [4.69, 9.17) is 15.2 Å². The quantitative estimate of drug-likeness (QED) is 0.733. The molecule has 9 heteroatoms. The van der Waals surface area contributed by atoms with Crippen LogP contribution in [0.2, 0.25) is 0 Å². The van der Waals surface area contributed by atoms with Crippen LogP contribution in [0.4, 0.5) is 0 Å². The minimum Gasteiger partial charge on any atom is -0.454 e. The molecule has 1 aromatic carbocycles. The molecule has 148 valence electrons. The summed E-state index contributed by atoms with van der Waals surface area (Å²) in [5.41, 5.74) is 7.30. The summed E-state index contributed by atoms with van der Waals surface area (Å²) in [7, 11) is 0. The summed E-state index contributed by atoms with van der Waals surface area (Å²) in [5, 5.41) is 5.89. The molecular weight excluding hydrogens is 409 g/mol. The Hall–Kier alpha value is -1.54. The van der Waals surface area contributed by atoms with Crippen molar-refractivity contribution in [3.8, 4) is 22.1 Å². The standard InChI is InChI=1S/C18H21N3O3S.2ClH/c1-18(9-19,12-3-4-12)21-16(22)7-13-8-25-17(20-13)11-2-5-14-15(6-11)24-10-23-14;;/h2,5-6,8,12H,3-4,7,9-10,19H2,1H3,(H,21,22);2*1H. The van der Waals surface area contributed by atoms with Crippen LogP contribution in [-0.2, 0) is 11.2 Å². The number of carbonyl (C=O) groups is 1. The van der Waals surface area contributed by atoms with Gasteiger partial charge in [0.25, 0.3) is 0 Å². The molecule has 1 aromatic heterocycles. The number of hydrogen-bond acceptors (Lipinski definition) is 6. The Morgan fingerprint density at radius 1 is 1.33 bits per heavy atom. The van der Waals surface area contributed by atoms with Crippen molar-refractivity contribution in [2.45, 2.75) is 31.7 Å². The van der Waals surface area contributed by atoms with E-state index in [1.54, 1.807) is 0 Å². The van der Waals surface area contributed by atoms with E-state index in [0.717, 1.165) is 40.6 Å². The number of rotatable bonds is 6. The lowest BCUT2D eigenvalue weighted by molar-refractivity contribution is -0.122. The zero-order valence-electron chi connectivity index (χ0n) is 14.9. The minimum atomic E-state index is -0.298. The first-order chi connectivity index (χ1) is 12.1. The van der Waals surface area contributed by atoms with Crippen LogP contribution in [0.3, 0.4) is 0 Å². The highest BCUT2D eigenvalue weighted by Crippen LogP contribution is 2.39. The van der Waals surface area contributed by atoms with Gasteiger partial charge in [0.15, 0.2) is 11.5 Å². The Labute approximate surface area is 174 Å². The number of thiazole rings is 1. The van der Waals surface area contributed by atoms with E-state index in [0.29, 0.717) is 12.5 Å². The maximum absolute atomic E-state index is 12.4. The Morgan fingerprint density at radius 3 is 2.78 bits per heavy atom. The lowest BCUT2D eigenvalue weighted by atomic mass is 9.95. The predicted octanol–water partition coefficient (Wildman–Crippen LogP) is 3.17. The number of nitrogens with zero attached hydrogens (tertiary/aromatic N) is 1. The molecule has 1 atom stereocenters. The number of aromatic nitrogens is 1. The number of hydrogen-bond donors (Lipinski definition) is 2. The molecule has 0 radical (unpaired) electrons. The monoisotopic (exact) mass is 431 g/mol. The summed E-state index contributed by atoms with van der Waals surface area (Å²) < 4.78 is 10.7. The van der Waals surface area contributed by atoms with Gasteiger partial charge in [-0.25, -0.2) is 4.98 Å². The van der Waals surface area contributed by atoms with Crippen LogP contribution in [0.1, 0.15) is 25.5 Å². The summed E-state index contributed by atoms with van der Waals surface area (Å²) in [6.45, 7) is 2.74. The maximum atomic E-state index is 12.4. The lowest BCUT2D eigenvalue weighted by Gasteiger charge is -2.29. The highest BCUT2D eigenvalue weighted by molar-refractivity contribution is 7.13. The molecular formula is C18H23Cl2N3O3S. The Morgan fingerprint density at radius 2 is 2.07 bits per heavy atom. The molecule has 1 aliphatic carbocycles. The smallest absolute Gasteiger partial charge is 0.231 e. The molecule has 4 rings (SSSR count). The highest BCUT2D eigenvalue weighted by Gasteiger charge is 2.41. The molecule has 27 heavy (non-hydrogen) atoms. The number of carbonyl (C=O) groups excluding carboxylic acids is 1. The average Bonchev–Trinajstić information content (AvgIpc) is 3.20. The number of benzene rings is 1. The van der Waals surface area contributed by atoms with E-state index in [1.807, 2.05) is 30.5 Å². The first-order valence-electron chi connectivity index (χ1n) is 8.43. The SMILES string of the molecule is CC(CN)(NC(=O)Cc1csc(-c2ccc3c(c2)OCO3)n1)C1CC1.Cl.Cl. The molecule has 1 unspecified atom stereocenters. The normalized spacial score (nSPS) is 16.7. The largest absolute Gasteiger partial charge is 0.454 e. The molecule has 2 aliphatic rings. The van der Waals surface area contributed by atoms with E-state index in [-0.39, 0.29) is 49.5 Å². The van der Waals surface area contributed by atoms with E-state index in [9.17, 15) is 4.79 Å². The first-order valence-corrected chi connectivity index (χ1v) is 9.31. The molecule has 1 fully saturated rings. The Balaban J connectivity index is 0.00000131. The molecule has 0 spiro atoms. The van der Waals surface area contributed by atoms with Crippen molar-refractivity contribution in [2.24, 2.45) is 11.7 Å². The average molecular weight is 432 g/mol. The number of amides is 1. The fourth-order valence-corrected chi connectivity index (χ4v) is 3.93. The number of nitrogens with one attached hydrogen (secondary N) is 1. The molecule has 6 nitrogen and oxygen atoms in total. The third-order valence-corrected chi connectivity index (χ3v) is 5.78. The topological polar surface area (TPSA) is 86.5 Å². The molecule has 1 aliphatic heterocycles. The fourth-order valence-electron chi connectivity index (χ4n) is 3.12. The lowest BCUT2D eigenvalue weighted by Crippen LogP contribution is -2.53. The summed E-state index contributed by atoms with van der Waals surface area (Å²) in [4.78, 5) is 17.0. The van der Waals surface area contributed by atoms with Gasteiger partial charge in [0, 0.05) is 17.5 Å². The van der Waals surface area contributed by atoms with E-state index < -0.39 is 0 Å². The van der Waals surface area contributed by atoms with Gasteiger partial charge in [0.05, 0.1) is 17.7 Å². The minimum absolute atomic E-state index is 0. The van der Waals surface area contributed by atoms with Crippen molar-refractivity contribution in [2.75, 3.05) is 13.3 Å². The van der Waals surface area contributed by atoms with E-state index in [1.165, 1.54) is 11.3 Å². The molecule has 0 bridgehead atoms. The predicted molar refractivity (Wildman–Crippen MR) is 110 cm³/mol. The number of ether oxygens (including phenoxy) is 2. The third-order valence-electron chi connectivity index (χ3n) is 4.84.